The van der Waals surface area contributed by atoms with Crippen LogP contribution in [0.2, 0.25) is 0 Å². The molecule has 2 heterocycles. The summed E-state index contributed by atoms with van der Waals surface area (Å²) in [6.07, 6.45) is 1.48. The molecule has 3 aromatic rings. The smallest absolute Gasteiger partial charge is 0.307 e. The summed E-state index contributed by atoms with van der Waals surface area (Å²) in [5, 5.41) is 14.6. The molecule has 6 heteroatoms. The van der Waals surface area contributed by atoms with E-state index in [4.69, 9.17) is 0 Å². The Bertz CT molecular complexity index is 1070. The number of benzene rings is 2. The Morgan fingerprint density at radius 3 is 2.69 bits per heavy atom. The van der Waals surface area contributed by atoms with Crippen LogP contribution >= 0.6 is 0 Å². The van der Waals surface area contributed by atoms with Crippen LogP contribution < -0.4 is 5.32 Å². The lowest BCUT2D eigenvalue weighted by atomic mass is 9.97. The predicted octanol–water partition coefficient (Wildman–Crippen LogP) is 3.94. The minimum Gasteiger partial charge on any atom is -0.481 e. The molecule has 29 heavy (non-hydrogen) atoms. The van der Waals surface area contributed by atoms with Gasteiger partial charge in [0.05, 0.1) is 12.0 Å². The molecule has 0 bridgehead atoms. The molecule has 2 aromatic carbocycles. The van der Waals surface area contributed by atoms with Crippen molar-refractivity contribution in [2.24, 2.45) is 5.92 Å². The lowest BCUT2D eigenvalue weighted by Crippen LogP contribution is -2.48. The Hall–Kier alpha value is -2.86. The van der Waals surface area contributed by atoms with Gasteiger partial charge in [0, 0.05) is 40.6 Å². The van der Waals surface area contributed by atoms with Crippen molar-refractivity contribution in [1.29, 1.82) is 0 Å². The second-order valence-corrected chi connectivity index (χ2v) is 7.83. The molecule has 1 aromatic heterocycles. The zero-order valence-corrected chi connectivity index (χ0v) is 16.9. The molecule has 2 N–H and O–H groups in total. The van der Waals surface area contributed by atoms with E-state index in [0.29, 0.717) is 13.0 Å². The average molecular weight is 393 g/mol. The fourth-order valence-corrected chi connectivity index (χ4v) is 4.44. The maximum Gasteiger partial charge on any atom is 0.307 e. The molecule has 4 rings (SSSR count). The van der Waals surface area contributed by atoms with Gasteiger partial charge in [-0.25, -0.2) is 0 Å². The van der Waals surface area contributed by atoms with Crippen molar-refractivity contribution in [3.63, 3.8) is 0 Å². The van der Waals surface area contributed by atoms with Crippen molar-refractivity contribution in [1.82, 2.24) is 9.47 Å². The number of carboxylic acids is 1. The number of nitrogens with zero attached hydrogens (tertiary/aromatic N) is 2. The topological polar surface area (TPSA) is 74.6 Å². The van der Waals surface area contributed by atoms with Crippen LogP contribution in [0.5, 0.6) is 0 Å². The van der Waals surface area contributed by atoms with Crippen molar-refractivity contribution in [3.8, 4) is 0 Å². The Kier molecular flexibility index (Phi) is 5.28. The number of fused-ring (bicyclic) bond motifs is 3. The number of carboxylic acid groups (broad SMARTS) is 1. The molecule has 0 aliphatic carbocycles. The number of aliphatic carboxylic acids is 1. The predicted molar refractivity (Wildman–Crippen MR) is 115 cm³/mol. The van der Waals surface area contributed by atoms with E-state index in [0.717, 1.165) is 36.1 Å². The summed E-state index contributed by atoms with van der Waals surface area (Å²) in [6.45, 7) is 6.04. The van der Waals surface area contributed by atoms with Gasteiger partial charge in [-0.05, 0) is 57.5 Å². The molecule has 1 aliphatic heterocycles. The van der Waals surface area contributed by atoms with Gasteiger partial charge in [0.25, 0.3) is 0 Å². The Balaban J connectivity index is 1.57. The summed E-state index contributed by atoms with van der Waals surface area (Å²) < 4.78 is 2.28. The number of hydrogen-bond donors (Lipinski definition) is 2. The summed E-state index contributed by atoms with van der Waals surface area (Å²) in [7, 11) is 0. The first kappa shape index (κ1) is 19.5. The highest BCUT2D eigenvalue weighted by Gasteiger charge is 2.30. The minimum absolute atomic E-state index is 0.102. The van der Waals surface area contributed by atoms with E-state index in [1.54, 1.807) is 0 Å². The highest BCUT2D eigenvalue weighted by atomic mass is 16.4. The number of carbonyl (C=O) groups is 2. The molecule has 0 saturated carbocycles. The monoisotopic (exact) mass is 393 g/mol. The summed E-state index contributed by atoms with van der Waals surface area (Å²) in [5.41, 5.74) is 3.11. The maximum atomic E-state index is 12.8. The molecule has 1 aliphatic rings. The van der Waals surface area contributed by atoms with E-state index in [2.05, 4.69) is 35.0 Å². The SMILES string of the molecule is CCn1c2ccccc2c2cc(NC(=O)C(C)N3CCCC(C(=O)O)C3)ccc21. The minimum atomic E-state index is -0.778. The number of aromatic nitrogens is 1. The van der Waals surface area contributed by atoms with Gasteiger partial charge in [-0.2, -0.15) is 0 Å². The molecular formula is C23H27N3O3. The van der Waals surface area contributed by atoms with Crippen LogP contribution in [0.3, 0.4) is 0 Å². The Labute approximate surface area is 170 Å². The van der Waals surface area contributed by atoms with Crippen molar-refractivity contribution in [2.45, 2.75) is 39.3 Å². The summed E-state index contributed by atoms with van der Waals surface area (Å²) in [6, 6.07) is 14.0. The number of piperidine rings is 1. The molecule has 0 radical (unpaired) electrons. The van der Waals surface area contributed by atoms with Crippen LogP contribution in [0.25, 0.3) is 21.8 Å². The van der Waals surface area contributed by atoms with E-state index < -0.39 is 11.9 Å². The molecular weight excluding hydrogens is 366 g/mol. The second-order valence-electron chi connectivity index (χ2n) is 7.83. The lowest BCUT2D eigenvalue weighted by Gasteiger charge is -2.34. The van der Waals surface area contributed by atoms with Gasteiger partial charge in [-0.1, -0.05) is 18.2 Å². The van der Waals surface area contributed by atoms with Gasteiger partial charge in [0.2, 0.25) is 5.91 Å². The number of aryl methyl sites for hydroxylation is 1. The number of hydrogen-bond acceptors (Lipinski definition) is 3. The Morgan fingerprint density at radius 1 is 1.17 bits per heavy atom. The summed E-state index contributed by atoms with van der Waals surface area (Å²) >= 11 is 0. The van der Waals surface area contributed by atoms with Gasteiger partial charge in [-0.3, -0.25) is 14.5 Å². The van der Waals surface area contributed by atoms with Gasteiger partial charge in [0.1, 0.15) is 0 Å². The van der Waals surface area contributed by atoms with Gasteiger partial charge < -0.3 is 15.0 Å². The zero-order valence-electron chi connectivity index (χ0n) is 16.9. The third kappa shape index (κ3) is 3.60. The highest BCUT2D eigenvalue weighted by molar-refractivity contribution is 6.10. The van der Waals surface area contributed by atoms with E-state index in [-0.39, 0.29) is 11.9 Å². The number of carbonyl (C=O) groups excluding carboxylic acids is 1. The van der Waals surface area contributed by atoms with Gasteiger partial charge >= 0.3 is 5.97 Å². The fourth-order valence-electron chi connectivity index (χ4n) is 4.44. The first-order valence-electron chi connectivity index (χ1n) is 10.3. The van der Waals surface area contributed by atoms with E-state index in [1.807, 2.05) is 36.1 Å². The number of rotatable bonds is 5. The first-order valence-corrected chi connectivity index (χ1v) is 10.3. The highest BCUT2D eigenvalue weighted by Crippen LogP contribution is 2.31. The molecule has 1 fully saturated rings. The summed E-state index contributed by atoms with van der Waals surface area (Å²) in [4.78, 5) is 26.1. The van der Waals surface area contributed by atoms with Crippen LogP contribution in [0.15, 0.2) is 42.5 Å². The average Bonchev–Trinajstić information content (AvgIpc) is 3.06. The van der Waals surface area contributed by atoms with Crippen molar-refractivity contribution >= 4 is 39.4 Å². The molecule has 0 spiro atoms. The first-order chi connectivity index (χ1) is 14.0. The normalized spacial score (nSPS) is 18.8. The fraction of sp³-hybridized carbons (Fsp3) is 0.391. The maximum absolute atomic E-state index is 12.8. The Morgan fingerprint density at radius 2 is 1.93 bits per heavy atom. The number of amides is 1. The van der Waals surface area contributed by atoms with Gasteiger partial charge in [0.15, 0.2) is 0 Å². The van der Waals surface area contributed by atoms with Crippen LogP contribution in [-0.2, 0) is 16.1 Å². The lowest BCUT2D eigenvalue weighted by molar-refractivity contribution is -0.144. The van der Waals surface area contributed by atoms with Gasteiger partial charge in [-0.15, -0.1) is 0 Å². The second kappa shape index (κ2) is 7.87. The van der Waals surface area contributed by atoms with Crippen LogP contribution in [-0.4, -0.2) is 45.6 Å². The molecule has 2 unspecified atom stereocenters. The molecule has 1 amide bonds. The van der Waals surface area contributed by atoms with Crippen molar-refractivity contribution in [3.05, 3.63) is 42.5 Å². The number of anilines is 1. The molecule has 1 saturated heterocycles. The molecule has 2 atom stereocenters. The van der Waals surface area contributed by atoms with Crippen molar-refractivity contribution < 1.29 is 14.7 Å². The standard InChI is InChI=1S/C23H27N3O3/c1-3-26-20-9-5-4-8-18(20)19-13-17(10-11-21(19)26)24-22(27)15(2)25-12-6-7-16(14-25)23(28)29/h4-5,8-11,13,15-16H,3,6-7,12,14H2,1-2H3,(H,24,27)(H,28,29). The molecule has 6 nitrogen and oxygen atoms in total. The van der Waals surface area contributed by atoms with Crippen LogP contribution in [0, 0.1) is 5.92 Å². The van der Waals surface area contributed by atoms with E-state index in [1.165, 1.54) is 10.9 Å². The summed E-state index contributed by atoms with van der Waals surface area (Å²) in [5.74, 6) is -1.27. The van der Waals surface area contributed by atoms with Crippen LogP contribution in [0.1, 0.15) is 26.7 Å². The number of nitrogens with one attached hydrogen (secondary N) is 1. The quantitative estimate of drug-likeness (QED) is 0.689. The van der Waals surface area contributed by atoms with E-state index >= 15 is 0 Å². The van der Waals surface area contributed by atoms with E-state index in [9.17, 15) is 14.7 Å². The number of para-hydroxylation sites is 1. The van der Waals surface area contributed by atoms with Crippen molar-refractivity contribution in [2.75, 3.05) is 18.4 Å². The van der Waals surface area contributed by atoms with Crippen LogP contribution in [0.4, 0.5) is 5.69 Å². The zero-order chi connectivity index (χ0) is 20.5. The third-order valence-corrected chi connectivity index (χ3v) is 6.09. The number of likely N-dealkylation sites (tertiary alicyclic amines) is 1. The third-order valence-electron chi connectivity index (χ3n) is 6.09. The largest absolute Gasteiger partial charge is 0.481 e. The molecule has 152 valence electrons.